The lowest BCUT2D eigenvalue weighted by Gasteiger charge is -2.14. The van der Waals surface area contributed by atoms with E-state index in [-0.39, 0.29) is 5.78 Å². The van der Waals surface area contributed by atoms with E-state index < -0.39 is 0 Å². The van der Waals surface area contributed by atoms with E-state index >= 15 is 0 Å². The third-order valence-corrected chi connectivity index (χ3v) is 5.53. The molecule has 2 aromatic carbocycles. The van der Waals surface area contributed by atoms with Crippen LogP contribution in [0, 0.1) is 13.8 Å². The van der Waals surface area contributed by atoms with Gasteiger partial charge in [0, 0.05) is 22.6 Å². The molecule has 0 atom stereocenters. The van der Waals surface area contributed by atoms with Gasteiger partial charge >= 0.3 is 0 Å². The average molecular weight is 358 g/mol. The first-order valence-corrected chi connectivity index (χ1v) is 9.74. The number of carbonyl (C=O) groups excluding carboxylic acids is 1. The Hall–Kier alpha value is -2.65. The van der Waals surface area contributed by atoms with Gasteiger partial charge in [0.25, 0.3) is 0 Å². The van der Waals surface area contributed by atoms with Crippen molar-refractivity contribution in [3.05, 3.63) is 77.6 Å². The van der Waals surface area contributed by atoms with Gasteiger partial charge in [0.15, 0.2) is 5.78 Å². The summed E-state index contributed by atoms with van der Waals surface area (Å²) in [5.41, 5.74) is 6.50. The van der Waals surface area contributed by atoms with Crippen LogP contribution < -0.4 is 0 Å². The standard InChI is InChI=1S/C24H26N2O/c1-18-16-23(24(27)17-25-14-6-7-15-25)19(2)26(18)22-12-10-21(11-13-22)20-8-4-3-5-9-20/h3-5,8-13,16H,6-7,14-15,17H2,1-2H3. The highest BCUT2D eigenvalue weighted by atomic mass is 16.1. The zero-order valence-electron chi connectivity index (χ0n) is 16.1. The van der Waals surface area contributed by atoms with Gasteiger partial charge in [0.2, 0.25) is 0 Å². The molecule has 1 aliphatic rings. The first-order chi connectivity index (χ1) is 13.1. The second-order valence-corrected chi connectivity index (χ2v) is 7.44. The molecule has 1 aromatic heterocycles. The van der Waals surface area contributed by atoms with E-state index in [2.05, 4.69) is 71.8 Å². The first kappa shape index (κ1) is 17.7. The number of hydrogen-bond donors (Lipinski definition) is 0. The molecule has 0 amide bonds. The molecule has 0 spiro atoms. The van der Waals surface area contributed by atoms with Crippen molar-refractivity contribution < 1.29 is 4.79 Å². The zero-order valence-corrected chi connectivity index (χ0v) is 16.1. The number of aromatic nitrogens is 1. The lowest BCUT2D eigenvalue weighted by Crippen LogP contribution is -2.27. The van der Waals surface area contributed by atoms with Gasteiger partial charge in [0.05, 0.1) is 6.54 Å². The van der Waals surface area contributed by atoms with E-state index in [0.29, 0.717) is 6.54 Å². The molecule has 1 aliphatic heterocycles. The number of likely N-dealkylation sites (tertiary alicyclic amines) is 1. The molecule has 138 valence electrons. The van der Waals surface area contributed by atoms with Crippen molar-refractivity contribution >= 4 is 5.78 Å². The minimum atomic E-state index is 0.233. The second kappa shape index (κ2) is 7.53. The molecule has 3 aromatic rings. The summed E-state index contributed by atoms with van der Waals surface area (Å²) in [4.78, 5) is 15.1. The Labute approximate surface area is 161 Å². The Morgan fingerprint density at radius 1 is 0.889 bits per heavy atom. The van der Waals surface area contributed by atoms with Gasteiger partial charge < -0.3 is 4.57 Å². The van der Waals surface area contributed by atoms with Crippen LogP contribution in [0.1, 0.15) is 34.6 Å². The summed E-state index contributed by atoms with van der Waals surface area (Å²) < 4.78 is 2.19. The smallest absolute Gasteiger partial charge is 0.178 e. The molecule has 27 heavy (non-hydrogen) atoms. The molecule has 0 unspecified atom stereocenters. The van der Waals surface area contributed by atoms with E-state index in [9.17, 15) is 4.79 Å². The number of aryl methyl sites for hydroxylation is 1. The summed E-state index contributed by atoms with van der Waals surface area (Å²) in [6.07, 6.45) is 2.42. The predicted molar refractivity (Wildman–Crippen MR) is 111 cm³/mol. The predicted octanol–water partition coefficient (Wildman–Crippen LogP) is 5.04. The SMILES string of the molecule is Cc1cc(C(=O)CN2CCCC2)c(C)n1-c1ccc(-c2ccccc2)cc1. The van der Waals surface area contributed by atoms with E-state index in [0.717, 1.165) is 35.7 Å². The molecule has 3 heteroatoms. The fourth-order valence-electron chi connectivity index (χ4n) is 4.10. The van der Waals surface area contributed by atoms with Crippen LogP contribution in [0.2, 0.25) is 0 Å². The van der Waals surface area contributed by atoms with Crippen LogP contribution >= 0.6 is 0 Å². The quantitative estimate of drug-likeness (QED) is 0.597. The highest BCUT2D eigenvalue weighted by molar-refractivity contribution is 5.99. The molecule has 1 fully saturated rings. The van der Waals surface area contributed by atoms with Crippen LogP contribution in [0.25, 0.3) is 16.8 Å². The Morgan fingerprint density at radius 2 is 1.52 bits per heavy atom. The number of benzene rings is 2. The average Bonchev–Trinajstić information content (AvgIpc) is 3.30. The fourth-order valence-corrected chi connectivity index (χ4v) is 4.10. The second-order valence-electron chi connectivity index (χ2n) is 7.44. The molecule has 0 aliphatic carbocycles. The molecule has 3 nitrogen and oxygen atoms in total. The Kier molecular flexibility index (Phi) is 4.95. The van der Waals surface area contributed by atoms with Gasteiger partial charge in [0.1, 0.15) is 0 Å². The van der Waals surface area contributed by atoms with Crippen LogP contribution in [-0.2, 0) is 0 Å². The van der Waals surface area contributed by atoms with Crippen LogP contribution in [0.3, 0.4) is 0 Å². The van der Waals surface area contributed by atoms with E-state index in [1.807, 2.05) is 12.1 Å². The largest absolute Gasteiger partial charge is 0.318 e. The van der Waals surface area contributed by atoms with Crippen molar-refractivity contribution in [2.24, 2.45) is 0 Å². The van der Waals surface area contributed by atoms with Crippen LogP contribution in [0.5, 0.6) is 0 Å². The van der Waals surface area contributed by atoms with E-state index in [1.54, 1.807) is 0 Å². The maximum absolute atomic E-state index is 12.8. The lowest BCUT2D eigenvalue weighted by atomic mass is 10.1. The van der Waals surface area contributed by atoms with Gasteiger partial charge in [-0.05, 0) is 69.1 Å². The maximum Gasteiger partial charge on any atom is 0.178 e. The van der Waals surface area contributed by atoms with Gasteiger partial charge in [-0.1, -0.05) is 42.5 Å². The lowest BCUT2D eigenvalue weighted by molar-refractivity contribution is 0.0944. The number of hydrogen-bond acceptors (Lipinski definition) is 2. The molecule has 4 rings (SSSR count). The molecule has 2 heterocycles. The van der Waals surface area contributed by atoms with Crippen molar-refractivity contribution in [2.75, 3.05) is 19.6 Å². The summed E-state index contributed by atoms with van der Waals surface area (Å²) in [6, 6.07) is 21.0. The first-order valence-electron chi connectivity index (χ1n) is 9.74. The summed E-state index contributed by atoms with van der Waals surface area (Å²) in [6.45, 7) is 6.76. The highest BCUT2D eigenvalue weighted by Crippen LogP contribution is 2.25. The highest BCUT2D eigenvalue weighted by Gasteiger charge is 2.20. The minimum Gasteiger partial charge on any atom is -0.318 e. The molecular formula is C24H26N2O. The number of rotatable bonds is 5. The molecule has 0 saturated carbocycles. The van der Waals surface area contributed by atoms with Gasteiger partial charge in [-0.3, -0.25) is 9.69 Å². The van der Waals surface area contributed by atoms with Crippen LogP contribution in [-0.4, -0.2) is 34.9 Å². The van der Waals surface area contributed by atoms with Gasteiger partial charge in [-0.15, -0.1) is 0 Å². The number of carbonyl (C=O) groups is 1. The monoisotopic (exact) mass is 358 g/mol. The molecule has 0 radical (unpaired) electrons. The van der Waals surface area contributed by atoms with E-state index in [1.165, 1.54) is 24.0 Å². The van der Waals surface area contributed by atoms with Gasteiger partial charge in [-0.25, -0.2) is 0 Å². The van der Waals surface area contributed by atoms with Crippen LogP contribution in [0.15, 0.2) is 60.7 Å². The molecule has 1 saturated heterocycles. The number of nitrogens with zero attached hydrogens (tertiary/aromatic N) is 2. The maximum atomic E-state index is 12.8. The van der Waals surface area contributed by atoms with Crippen molar-refractivity contribution in [2.45, 2.75) is 26.7 Å². The summed E-state index contributed by atoms with van der Waals surface area (Å²) >= 11 is 0. The Morgan fingerprint density at radius 3 is 2.19 bits per heavy atom. The third-order valence-electron chi connectivity index (χ3n) is 5.53. The molecule has 0 bridgehead atoms. The van der Waals surface area contributed by atoms with Crippen molar-refractivity contribution in [1.29, 1.82) is 0 Å². The molecular weight excluding hydrogens is 332 g/mol. The Balaban J connectivity index is 1.60. The van der Waals surface area contributed by atoms with Crippen molar-refractivity contribution in [3.8, 4) is 16.8 Å². The van der Waals surface area contributed by atoms with Gasteiger partial charge in [-0.2, -0.15) is 0 Å². The third kappa shape index (κ3) is 3.60. The summed E-state index contributed by atoms with van der Waals surface area (Å²) in [5, 5.41) is 0. The summed E-state index contributed by atoms with van der Waals surface area (Å²) in [5.74, 6) is 0.233. The topological polar surface area (TPSA) is 25.2 Å². The Bertz CT molecular complexity index is 933. The normalized spacial score (nSPS) is 14.6. The zero-order chi connectivity index (χ0) is 18.8. The molecule has 0 N–H and O–H groups in total. The number of Topliss-reactive ketones (excluding diaryl/α,β-unsaturated/α-hetero) is 1. The number of ketones is 1. The fraction of sp³-hybridized carbons (Fsp3) is 0.292. The van der Waals surface area contributed by atoms with Crippen LogP contribution in [0.4, 0.5) is 0 Å². The van der Waals surface area contributed by atoms with Crippen molar-refractivity contribution in [1.82, 2.24) is 9.47 Å². The summed E-state index contributed by atoms with van der Waals surface area (Å²) in [7, 11) is 0. The van der Waals surface area contributed by atoms with Crippen molar-refractivity contribution in [3.63, 3.8) is 0 Å². The van der Waals surface area contributed by atoms with E-state index in [4.69, 9.17) is 0 Å². The minimum absolute atomic E-state index is 0.233.